The maximum atomic E-state index is 12.2. The molecule has 3 heterocycles. The molecular weight excluding hydrogens is 312 g/mol. The molecule has 1 atom stereocenters. The smallest absolute Gasteiger partial charge is 0.248 e. The van der Waals surface area contributed by atoms with Gasteiger partial charge in [0, 0.05) is 31.1 Å². The Morgan fingerprint density at radius 2 is 2.12 bits per heavy atom. The summed E-state index contributed by atoms with van der Waals surface area (Å²) >= 11 is 0. The van der Waals surface area contributed by atoms with Crippen molar-refractivity contribution in [1.82, 2.24) is 14.9 Å². The van der Waals surface area contributed by atoms with Gasteiger partial charge in [-0.25, -0.2) is 9.97 Å². The highest BCUT2D eigenvalue weighted by molar-refractivity contribution is 5.92. The molecule has 0 radical (unpaired) electrons. The van der Waals surface area contributed by atoms with E-state index < -0.39 is 0 Å². The standard InChI is InChI=1S/C20H24N4O/c1-15(2)20(25)24-11-5-6-17(14-24)12-16-8-10-22-19(13-16)23-18-7-3-4-9-21-18/h3-4,7-10,13,17H,1,5-6,11-12,14H2,2H3,(H,21,22,23). The predicted molar refractivity (Wildman–Crippen MR) is 99.6 cm³/mol. The molecule has 0 saturated carbocycles. The lowest BCUT2D eigenvalue weighted by atomic mass is 9.91. The van der Waals surface area contributed by atoms with Crippen molar-refractivity contribution in [1.29, 1.82) is 0 Å². The van der Waals surface area contributed by atoms with Crippen LogP contribution in [-0.4, -0.2) is 33.9 Å². The third-order valence-corrected chi connectivity index (χ3v) is 4.44. The second-order valence-electron chi connectivity index (χ2n) is 6.63. The number of nitrogens with one attached hydrogen (secondary N) is 1. The molecule has 1 aliphatic rings. The van der Waals surface area contributed by atoms with Crippen molar-refractivity contribution in [2.24, 2.45) is 5.92 Å². The van der Waals surface area contributed by atoms with Crippen molar-refractivity contribution in [3.05, 3.63) is 60.4 Å². The van der Waals surface area contributed by atoms with Crippen LogP contribution in [-0.2, 0) is 11.2 Å². The first kappa shape index (κ1) is 17.1. The molecule has 5 heteroatoms. The molecule has 3 rings (SSSR count). The van der Waals surface area contributed by atoms with Crippen LogP contribution >= 0.6 is 0 Å². The Morgan fingerprint density at radius 3 is 2.88 bits per heavy atom. The van der Waals surface area contributed by atoms with E-state index in [-0.39, 0.29) is 5.91 Å². The van der Waals surface area contributed by atoms with E-state index in [1.807, 2.05) is 35.4 Å². The molecule has 2 aromatic rings. The minimum Gasteiger partial charge on any atom is -0.339 e. The number of carbonyl (C=O) groups is 1. The van der Waals surface area contributed by atoms with Gasteiger partial charge in [0.05, 0.1) is 0 Å². The van der Waals surface area contributed by atoms with Crippen LogP contribution < -0.4 is 5.32 Å². The number of aromatic nitrogens is 2. The SMILES string of the molecule is C=C(C)C(=O)N1CCCC(Cc2ccnc(Nc3ccccn3)c2)C1. The fourth-order valence-electron chi connectivity index (χ4n) is 3.26. The van der Waals surface area contributed by atoms with E-state index in [9.17, 15) is 4.79 Å². The average molecular weight is 336 g/mol. The van der Waals surface area contributed by atoms with Crippen molar-refractivity contribution in [3.63, 3.8) is 0 Å². The molecule has 0 spiro atoms. The first-order valence-electron chi connectivity index (χ1n) is 8.69. The maximum absolute atomic E-state index is 12.2. The van der Waals surface area contributed by atoms with E-state index in [1.165, 1.54) is 5.56 Å². The Balaban J connectivity index is 1.63. The van der Waals surface area contributed by atoms with Gasteiger partial charge in [0.15, 0.2) is 0 Å². The molecule has 0 aliphatic carbocycles. The number of hydrogen-bond acceptors (Lipinski definition) is 4. The second kappa shape index (κ2) is 7.92. The van der Waals surface area contributed by atoms with Crippen LogP contribution in [0, 0.1) is 5.92 Å². The summed E-state index contributed by atoms with van der Waals surface area (Å²) < 4.78 is 0. The summed E-state index contributed by atoms with van der Waals surface area (Å²) in [6, 6.07) is 9.85. The molecule has 0 bridgehead atoms. The van der Waals surface area contributed by atoms with Crippen LogP contribution in [0.5, 0.6) is 0 Å². The van der Waals surface area contributed by atoms with Gasteiger partial charge in [-0.2, -0.15) is 0 Å². The Hall–Kier alpha value is -2.69. The van der Waals surface area contributed by atoms with E-state index in [0.717, 1.165) is 44.0 Å². The number of anilines is 2. The van der Waals surface area contributed by atoms with Crippen LogP contribution in [0.4, 0.5) is 11.6 Å². The summed E-state index contributed by atoms with van der Waals surface area (Å²) in [5.41, 5.74) is 1.84. The van der Waals surface area contributed by atoms with Crippen molar-refractivity contribution in [2.45, 2.75) is 26.2 Å². The average Bonchev–Trinajstić information content (AvgIpc) is 2.62. The Bertz CT molecular complexity index is 744. The topological polar surface area (TPSA) is 58.1 Å². The van der Waals surface area contributed by atoms with Crippen LogP contribution in [0.1, 0.15) is 25.3 Å². The molecule has 1 unspecified atom stereocenters. The lowest BCUT2D eigenvalue weighted by Gasteiger charge is -2.33. The zero-order valence-corrected chi connectivity index (χ0v) is 14.6. The van der Waals surface area contributed by atoms with Gasteiger partial charge in [-0.15, -0.1) is 0 Å². The molecule has 1 saturated heterocycles. The summed E-state index contributed by atoms with van der Waals surface area (Å²) in [7, 11) is 0. The van der Waals surface area contributed by atoms with Gasteiger partial charge in [-0.1, -0.05) is 12.6 Å². The lowest BCUT2D eigenvalue weighted by Crippen LogP contribution is -2.40. The van der Waals surface area contributed by atoms with E-state index >= 15 is 0 Å². The Labute approximate surface area is 148 Å². The first-order chi connectivity index (χ1) is 12.1. The number of hydrogen-bond donors (Lipinski definition) is 1. The molecule has 25 heavy (non-hydrogen) atoms. The van der Waals surface area contributed by atoms with E-state index in [2.05, 4.69) is 27.9 Å². The number of nitrogens with zero attached hydrogens (tertiary/aromatic N) is 3. The zero-order valence-electron chi connectivity index (χ0n) is 14.6. The molecule has 0 aromatic carbocycles. The van der Waals surface area contributed by atoms with Gasteiger partial charge in [0.1, 0.15) is 11.6 Å². The molecule has 2 aromatic heterocycles. The van der Waals surface area contributed by atoms with E-state index in [1.54, 1.807) is 13.1 Å². The normalized spacial score (nSPS) is 17.2. The van der Waals surface area contributed by atoms with Crippen LogP contribution in [0.2, 0.25) is 0 Å². The summed E-state index contributed by atoms with van der Waals surface area (Å²) in [6.45, 7) is 7.20. The zero-order chi connectivity index (χ0) is 17.6. The molecular formula is C20H24N4O. The number of carbonyl (C=O) groups excluding carboxylic acids is 1. The molecule has 130 valence electrons. The highest BCUT2D eigenvalue weighted by atomic mass is 16.2. The van der Waals surface area contributed by atoms with E-state index in [4.69, 9.17) is 0 Å². The molecule has 1 N–H and O–H groups in total. The van der Waals surface area contributed by atoms with Gasteiger partial charge in [-0.3, -0.25) is 4.79 Å². The predicted octanol–water partition coefficient (Wildman–Crippen LogP) is 3.58. The highest BCUT2D eigenvalue weighted by Crippen LogP contribution is 2.23. The summed E-state index contributed by atoms with van der Waals surface area (Å²) in [6.07, 6.45) is 6.71. The number of amides is 1. The van der Waals surface area contributed by atoms with Crippen LogP contribution in [0.3, 0.4) is 0 Å². The quantitative estimate of drug-likeness (QED) is 0.848. The lowest BCUT2D eigenvalue weighted by molar-refractivity contribution is -0.128. The van der Waals surface area contributed by atoms with Gasteiger partial charge in [0.25, 0.3) is 0 Å². The van der Waals surface area contributed by atoms with Gasteiger partial charge in [-0.05, 0) is 61.9 Å². The van der Waals surface area contributed by atoms with Gasteiger partial charge >= 0.3 is 0 Å². The number of likely N-dealkylation sites (tertiary alicyclic amines) is 1. The fourth-order valence-corrected chi connectivity index (χ4v) is 3.26. The molecule has 5 nitrogen and oxygen atoms in total. The van der Waals surface area contributed by atoms with Crippen LogP contribution in [0.25, 0.3) is 0 Å². The Kier molecular flexibility index (Phi) is 5.43. The fraction of sp³-hybridized carbons (Fsp3) is 0.350. The van der Waals surface area contributed by atoms with Crippen molar-refractivity contribution in [3.8, 4) is 0 Å². The Morgan fingerprint density at radius 1 is 1.28 bits per heavy atom. The molecule has 1 fully saturated rings. The monoisotopic (exact) mass is 336 g/mol. The third kappa shape index (κ3) is 4.66. The first-order valence-corrected chi connectivity index (χ1v) is 8.69. The largest absolute Gasteiger partial charge is 0.339 e. The van der Waals surface area contributed by atoms with Gasteiger partial charge in [0.2, 0.25) is 5.91 Å². The maximum Gasteiger partial charge on any atom is 0.248 e. The number of pyridine rings is 2. The van der Waals surface area contributed by atoms with Crippen molar-refractivity contribution in [2.75, 3.05) is 18.4 Å². The minimum atomic E-state index is 0.0805. The number of rotatable bonds is 5. The highest BCUT2D eigenvalue weighted by Gasteiger charge is 2.24. The van der Waals surface area contributed by atoms with Gasteiger partial charge < -0.3 is 10.2 Å². The van der Waals surface area contributed by atoms with Crippen LogP contribution in [0.15, 0.2) is 54.9 Å². The minimum absolute atomic E-state index is 0.0805. The number of piperidine rings is 1. The van der Waals surface area contributed by atoms with Crippen molar-refractivity contribution >= 4 is 17.5 Å². The summed E-state index contributed by atoms with van der Waals surface area (Å²) in [5, 5.41) is 3.23. The van der Waals surface area contributed by atoms with Crippen molar-refractivity contribution < 1.29 is 4.79 Å². The molecule has 1 amide bonds. The third-order valence-electron chi connectivity index (χ3n) is 4.44. The summed E-state index contributed by atoms with van der Waals surface area (Å²) in [5.74, 6) is 2.13. The second-order valence-corrected chi connectivity index (χ2v) is 6.63. The van der Waals surface area contributed by atoms with E-state index in [0.29, 0.717) is 11.5 Å². The summed E-state index contributed by atoms with van der Waals surface area (Å²) in [4.78, 5) is 22.7. The molecule has 1 aliphatic heterocycles.